The summed E-state index contributed by atoms with van der Waals surface area (Å²) >= 11 is 0. The van der Waals surface area contributed by atoms with Crippen molar-refractivity contribution in [1.82, 2.24) is 14.7 Å². The summed E-state index contributed by atoms with van der Waals surface area (Å²) < 4.78 is 3.13. The second-order valence-corrected chi connectivity index (χ2v) is 9.37. The van der Waals surface area contributed by atoms with E-state index in [4.69, 9.17) is 0 Å². The van der Waals surface area contributed by atoms with Crippen LogP contribution in [0.2, 0.25) is 0 Å². The van der Waals surface area contributed by atoms with Gasteiger partial charge in [0, 0.05) is 17.8 Å². The Kier molecular flexibility index (Phi) is 6.21. The maximum atomic E-state index is 14.0. The van der Waals surface area contributed by atoms with Crippen molar-refractivity contribution >= 4 is 23.1 Å². The molecule has 2 aromatic carbocycles. The monoisotopic (exact) mass is 493 g/mol. The molecular weight excluding hydrogens is 464 g/mol. The first kappa shape index (κ1) is 24.2. The van der Waals surface area contributed by atoms with Crippen LogP contribution in [-0.4, -0.2) is 26.5 Å². The predicted molar refractivity (Wildman–Crippen MR) is 142 cm³/mol. The first-order valence-electron chi connectivity index (χ1n) is 12.3. The number of nitrogens with zero attached hydrogens (tertiary/aromatic N) is 3. The van der Waals surface area contributed by atoms with E-state index in [9.17, 15) is 14.4 Å². The molecule has 0 aliphatic carbocycles. The van der Waals surface area contributed by atoms with Gasteiger partial charge < -0.3 is 0 Å². The fourth-order valence-electron chi connectivity index (χ4n) is 4.73. The molecule has 3 heterocycles. The lowest BCUT2D eigenvalue weighted by molar-refractivity contribution is -0.577. The summed E-state index contributed by atoms with van der Waals surface area (Å²) in [5, 5.41) is 3.22. The molecule has 1 aliphatic heterocycles. The fourth-order valence-corrected chi connectivity index (χ4v) is 4.73. The number of aryl methyl sites for hydroxylation is 3. The molecule has 0 unspecified atom stereocenters. The van der Waals surface area contributed by atoms with Crippen molar-refractivity contribution in [2.45, 2.75) is 40.7 Å². The Bertz CT molecular complexity index is 1610. The van der Waals surface area contributed by atoms with Crippen LogP contribution in [0.3, 0.4) is 0 Å². The van der Waals surface area contributed by atoms with Gasteiger partial charge in [-0.15, -0.1) is 0 Å². The van der Waals surface area contributed by atoms with E-state index in [0.717, 1.165) is 22.3 Å². The van der Waals surface area contributed by atoms with Gasteiger partial charge in [-0.05, 0) is 55.5 Å². The van der Waals surface area contributed by atoms with Crippen molar-refractivity contribution in [3.05, 3.63) is 117 Å². The van der Waals surface area contributed by atoms with Crippen molar-refractivity contribution in [1.29, 1.82) is 0 Å². The van der Waals surface area contributed by atoms with E-state index in [2.05, 4.69) is 5.10 Å². The molecule has 0 saturated carbocycles. The zero-order chi connectivity index (χ0) is 26.3. The fraction of sp³-hybridized carbons (Fsp3) is 0.200. The molecule has 0 atom stereocenters. The molecule has 4 aromatic rings. The maximum Gasteiger partial charge on any atom is 0.327 e. The van der Waals surface area contributed by atoms with E-state index in [1.165, 1.54) is 9.58 Å². The van der Waals surface area contributed by atoms with Crippen molar-refractivity contribution in [3.63, 3.8) is 0 Å². The number of carbonyl (C=O) groups is 2. The van der Waals surface area contributed by atoms with Gasteiger partial charge in [0.15, 0.2) is 12.4 Å². The number of aromatic amines is 1. The summed E-state index contributed by atoms with van der Waals surface area (Å²) in [6.07, 6.45) is 3.99. The van der Waals surface area contributed by atoms with Gasteiger partial charge in [0.25, 0.3) is 17.2 Å². The molecule has 0 radical (unpaired) electrons. The van der Waals surface area contributed by atoms with E-state index in [1.54, 1.807) is 17.0 Å². The van der Waals surface area contributed by atoms with Crippen LogP contribution in [-0.2, 0) is 22.6 Å². The van der Waals surface area contributed by atoms with Crippen LogP contribution < -0.4 is 10.1 Å². The number of rotatable bonds is 6. The summed E-state index contributed by atoms with van der Waals surface area (Å²) in [6, 6.07) is 18.9. The summed E-state index contributed by atoms with van der Waals surface area (Å²) in [5.41, 5.74) is 5.37. The Morgan fingerprint density at radius 2 is 1.54 bits per heavy atom. The molecule has 1 N–H and O–H groups in total. The topological polar surface area (TPSA) is 79.1 Å². The number of hydrogen-bond donors (Lipinski definition) is 1. The van der Waals surface area contributed by atoms with E-state index in [-0.39, 0.29) is 28.9 Å². The van der Waals surface area contributed by atoms with Gasteiger partial charge in [-0.3, -0.25) is 24.4 Å². The van der Waals surface area contributed by atoms with Crippen LogP contribution in [0, 0.1) is 20.8 Å². The number of benzene rings is 2. The Morgan fingerprint density at radius 3 is 2.22 bits per heavy atom. The van der Waals surface area contributed by atoms with Gasteiger partial charge in [-0.25, -0.2) is 4.68 Å². The number of carbonyl (C=O) groups excluding carboxylic acids is 2. The molecule has 0 saturated heterocycles. The number of hydrogen-bond acceptors (Lipinski definition) is 3. The van der Waals surface area contributed by atoms with Crippen LogP contribution in [0.1, 0.15) is 40.4 Å². The number of aromatic nitrogens is 3. The van der Waals surface area contributed by atoms with Crippen LogP contribution in [0.25, 0.3) is 17.0 Å². The molecular formula is C30H29N4O3+. The van der Waals surface area contributed by atoms with Crippen molar-refractivity contribution in [2.24, 2.45) is 0 Å². The molecule has 7 nitrogen and oxygen atoms in total. The first-order valence-corrected chi connectivity index (χ1v) is 12.3. The number of imide groups is 1. The molecule has 0 spiro atoms. The van der Waals surface area contributed by atoms with Gasteiger partial charge in [-0.2, -0.15) is 4.57 Å². The van der Waals surface area contributed by atoms with E-state index in [0.29, 0.717) is 17.8 Å². The molecule has 37 heavy (non-hydrogen) atoms. The Labute approximate surface area is 215 Å². The second-order valence-electron chi connectivity index (χ2n) is 9.37. The third kappa shape index (κ3) is 4.12. The predicted octanol–water partition coefficient (Wildman–Crippen LogP) is 3.88. The lowest BCUT2D eigenvalue weighted by atomic mass is 10.0. The average molecular weight is 494 g/mol. The molecule has 0 bridgehead atoms. The molecule has 0 fully saturated rings. The SMILES string of the molecule is CCc1[nH]n(-c2cccc(C)c2C)c(=O)c1C1=C([n+]2ccc(C)cc2)C(=O)N(Cc2ccccc2)C1=O. The molecule has 2 amide bonds. The number of amides is 2. The molecule has 5 rings (SSSR count). The third-order valence-corrected chi connectivity index (χ3v) is 6.97. The highest BCUT2D eigenvalue weighted by atomic mass is 16.2. The molecule has 1 aliphatic rings. The lowest BCUT2D eigenvalue weighted by Crippen LogP contribution is -2.39. The minimum atomic E-state index is -0.476. The van der Waals surface area contributed by atoms with E-state index in [1.807, 2.05) is 88.4 Å². The second kappa shape index (κ2) is 9.50. The lowest BCUT2D eigenvalue weighted by Gasteiger charge is -2.13. The highest BCUT2D eigenvalue weighted by molar-refractivity contribution is 6.44. The summed E-state index contributed by atoms with van der Waals surface area (Å²) in [7, 11) is 0. The van der Waals surface area contributed by atoms with Crippen LogP contribution in [0.5, 0.6) is 0 Å². The molecule has 186 valence electrons. The summed E-state index contributed by atoms with van der Waals surface area (Å²) in [6.45, 7) is 7.94. The Morgan fingerprint density at radius 1 is 0.838 bits per heavy atom. The summed E-state index contributed by atoms with van der Waals surface area (Å²) in [4.78, 5) is 42.9. The van der Waals surface area contributed by atoms with Crippen molar-refractivity contribution in [2.75, 3.05) is 0 Å². The quantitative estimate of drug-likeness (QED) is 0.327. The number of pyridine rings is 1. The highest BCUT2D eigenvalue weighted by Gasteiger charge is 2.47. The largest absolute Gasteiger partial charge is 0.327 e. The van der Waals surface area contributed by atoms with E-state index >= 15 is 0 Å². The third-order valence-electron chi connectivity index (χ3n) is 6.97. The number of H-pyrrole nitrogens is 1. The molecule has 2 aromatic heterocycles. The van der Waals surface area contributed by atoms with Gasteiger partial charge in [0.2, 0.25) is 0 Å². The Hall–Kier alpha value is -4.52. The van der Waals surface area contributed by atoms with Crippen LogP contribution >= 0.6 is 0 Å². The standard InChI is InChI=1S/C30H28N4O3/c1-5-23-25(29(36)34(31-23)24-13-9-10-20(3)21(24)4)26-27(32-16-14-19(2)15-17-32)30(37)33(28(26)35)18-22-11-7-6-8-12-22/h6-17H,5,18H2,1-4H3/p+1. The van der Waals surface area contributed by atoms with Gasteiger partial charge in [-0.1, -0.05) is 49.4 Å². The zero-order valence-electron chi connectivity index (χ0n) is 21.4. The van der Waals surface area contributed by atoms with Crippen LogP contribution in [0.4, 0.5) is 0 Å². The Balaban J connectivity index is 1.73. The van der Waals surface area contributed by atoms with Crippen molar-refractivity contribution < 1.29 is 14.2 Å². The minimum absolute atomic E-state index is 0.120. The smallest absolute Gasteiger partial charge is 0.294 e. The average Bonchev–Trinajstić information content (AvgIpc) is 3.34. The first-order chi connectivity index (χ1) is 17.8. The van der Waals surface area contributed by atoms with Gasteiger partial charge >= 0.3 is 5.91 Å². The summed E-state index contributed by atoms with van der Waals surface area (Å²) in [5.74, 6) is -0.908. The molecule has 7 heteroatoms. The van der Waals surface area contributed by atoms with E-state index < -0.39 is 11.8 Å². The maximum absolute atomic E-state index is 14.0. The van der Waals surface area contributed by atoms with Gasteiger partial charge in [0.05, 0.1) is 17.8 Å². The zero-order valence-corrected chi connectivity index (χ0v) is 21.4. The number of nitrogens with one attached hydrogen (secondary N) is 1. The van der Waals surface area contributed by atoms with Crippen LogP contribution in [0.15, 0.2) is 77.9 Å². The normalized spacial score (nSPS) is 13.7. The van der Waals surface area contributed by atoms with Crippen molar-refractivity contribution in [3.8, 4) is 5.69 Å². The minimum Gasteiger partial charge on any atom is -0.294 e. The highest BCUT2D eigenvalue weighted by Crippen LogP contribution is 2.31. The van der Waals surface area contributed by atoms with Gasteiger partial charge in [0.1, 0.15) is 5.57 Å².